The van der Waals surface area contributed by atoms with Gasteiger partial charge in [0.15, 0.2) is 0 Å². The Balaban J connectivity index is 2.32. The zero-order valence-electron chi connectivity index (χ0n) is 17.4. The minimum atomic E-state index is -0.535. The molecule has 0 heterocycles. The van der Waals surface area contributed by atoms with Crippen LogP contribution in [0.4, 0.5) is 0 Å². The van der Waals surface area contributed by atoms with E-state index in [1.165, 1.54) is 0 Å². The molecule has 0 aliphatic carbocycles. The molecule has 0 aromatic heterocycles. The number of nitrogens with zero attached hydrogens (tertiary/aromatic N) is 1. The number of hydrogen-bond acceptors (Lipinski definition) is 2. The third-order valence-electron chi connectivity index (χ3n) is 4.81. The lowest BCUT2D eigenvalue weighted by Gasteiger charge is -2.31. The Kier molecular flexibility index (Phi) is 9.92. The van der Waals surface area contributed by atoms with Crippen LogP contribution in [0.2, 0.25) is 0 Å². The maximum Gasteiger partial charge on any atom is 0.243 e. The van der Waals surface area contributed by atoms with E-state index >= 15 is 0 Å². The molecular weight excluding hydrogens is 428 g/mol. The fourth-order valence-corrected chi connectivity index (χ4v) is 3.70. The van der Waals surface area contributed by atoms with Crippen molar-refractivity contribution in [1.29, 1.82) is 0 Å². The van der Waals surface area contributed by atoms with Crippen molar-refractivity contribution in [2.75, 3.05) is 6.54 Å². The Morgan fingerprint density at radius 1 is 1.00 bits per heavy atom. The molecule has 2 aromatic carbocycles. The van der Waals surface area contributed by atoms with Gasteiger partial charge in [-0.15, -0.1) is 0 Å². The summed E-state index contributed by atoms with van der Waals surface area (Å²) in [5, 5.41) is 3.04. The van der Waals surface area contributed by atoms with E-state index in [1.54, 1.807) is 4.90 Å². The summed E-state index contributed by atoms with van der Waals surface area (Å²) in [6.45, 7) is 5.13. The van der Waals surface area contributed by atoms with Gasteiger partial charge in [-0.1, -0.05) is 78.7 Å². The first-order valence-corrected chi connectivity index (χ1v) is 11.2. The van der Waals surface area contributed by atoms with E-state index < -0.39 is 6.04 Å². The predicted molar refractivity (Wildman–Crippen MR) is 121 cm³/mol. The van der Waals surface area contributed by atoms with E-state index in [4.69, 9.17) is 0 Å². The van der Waals surface area contributed by atoms with Crippen LogP contribution in [0.25, 0.3) is 0 Å². The topological polar surface area (TPSA) is 49.4 Å². The largest absolute Gasteiger partial charge is 0.354 e. The predicted octanol–water partition coefficient (Wildman–Crippen LogP) is 5.11. The lowest BCUT2D eigenvalue weighted by atomic mass is 10.0. The molecule has 4 nitrogen and oxygen atoms in total. The molecule has 1 atom stereocenters. The molecule has 0 saturated carbocycles. The summed E-state index contributed by atoms with van der Waals surface area (Å²) in [5.41, 5.74) is 2.05. The summed E-state index contributed by atoms with van der Waals surface area (Å²) in [4.78, 5) is 27.9. The van der Waals surface area contributed by atoms with Gasteiger partial charge in [-0.25, -0.2) is 0 Å². The van der Waals surface area contributed by atoms with Crippen LogP contribution >= 0.6 is 15.9 Å². The van der Waals surface area contributed by atoms with Crippen LogP contribution in [0, 0.1) is 0 Å². The SMILES string of the molecule is CCCCNC(=O)C(Cc1ccccc1)N(Cc1cccc(Br)c1)C(=O)CCC. The van der Waals surface area contributed by atoms with Crippen molar-refractivity contribution in [1.82, 2.24) is 10.2 Å². The van der Waals surface area contributed by atoms with E-state index in [-0.39, 0.29) is 11.8 Å². The van der Waals surface area contributed by atoms with E-state index in [9.17, 15) is 9.59 Å². The molecule has 5 heteroatoms. The fourth-order valence-electron chi connectivity index (χ4n) is 3.25. The summed E-state index contributed by atoms with van der Waals surface area (Å²) in [6.07, 6.45) is 3.63. The quantitative estimate of drug-likeness (QED) is 0.475. The molecule has 0 aliphatic heterocycles. The zero-order valence-corrected chi connectivity index (χ0v) is 19.0. The van der Waals surface area contributed by atoms with Crippen molar-refractivity contribution < 1.29 is 9.59 Å². The van der Waals surface area contributed by atoms with Gasteiger partial charge in [-0.2, -0.15) is 0 Å². The molecule has 2 amide bonds. The molecular formula is C24H31BrN2O2. The summed E-state index contributed by atoms with van der Waals surface area (Å²) >= 11 is 3.50. The average Bonchev–Trinajstić information content (AvgIpc) is 2.71. The summed E-state index contributed by atoms with van der Waals surface area (Å²) in [6, 6.07) is 17.3. The van der Waals surface area contributed by atoms with Crippen LogP contribution in [-0.4, -0.2) is 29.3 Å². The van der Waals surface area contributed by atoms with Crippen molar-refractivity contribution in [3.05, 3.63) is 70.2 Å². The molecule has 0 fully saturated rings. The maximum atomic E-state index is 13.1. The number of amides is 2. The number of unbranched alkanes of at least 4 members (excludes halogenated alkanes) is 1. The number of hydrogen-bond donors (Lipinski definition) is 1. The highest BCUT2D eigenvalue weighted by molar-refractivity contribution is 9.10. The lowest BCUT2D eigenvalue weighted by molar-refractivity contribution is -0.141. The highest BCUT2D eigenvalue weighted by Gasteiger charge is 2.29. The Morgan fingerprint density at radius 2 is 1.72 bits per heavy atom. The molecule has 2 aromatic rings. The third-order valence-corrected chi connectivity index (χ3v) is 5.30. The van der Waals surface area contributed by atoms with Crippen molar-refractivity contribution in [2.45, 2.75) is 58.5 Å². The van der Waals surface area contributed by atoms with Gasteiger partial charge in [0.1, 0.15) is 6.04 Å². The van der Waals surface area contributed by atoms with Crippen molar-refractivity contribution in [3.8, 4) is 0 Å². The van der Waals surface area contributed by atoms with Crippen LogP contribution in [0.1, 0.15) is 50.7 Å². The third kappa shape index (κ3) is 7.65. The molecule has 1 N–H and O–H groups in total. The van der Waals surface area contributed by atoms with Crippen LogP contribution in [-0.2, 0) is 22.6 Å². The lowest BCUT2D eigenvalue weighted by Crippen LogP contribution is -2.50. The molecule has 2 rings (SSSR count). The number of halogens is 1. The summed E-state index contributed by atoms with van der Waals surface area (Å²) in [5.74, 6) is -0.0687. The monoisotopic (exact) mass is 458 g/mol. The molecule has 1 unspecified atom stereocenters. The van der Waals surface area contributed by atoms with Gasteiger partial charge in [0, 0.05) is 30.4 Å². The number of carbonyl (C=O) groups excluding carboxylic acids is 2. The van der Waals surface area contributed by atoms with Gasteiger partial charge in [0.2, 0.25) is 11.8 Å². The Labute approximate surface area is 182 Å². The number of rotatable bonds is 11. The zero-order chi connectivity index (χ0) is 21.1. The van der Waals surface area contributed by atoms with Gasteiger partial charge < -0.3 is 10.2 Å². The van der Waals surface area contributed by atoms with E-state index in [0.29, 0.717) is 25.9 Å². The van der Waals surface area contributed by atoms with Gasteiger partial charge in [0.05, 0.1) is 0 Å². The first-order chi connectivity index (χ1) is 14.0. The summed E-state index contributed by atoms with van der Waals surface area (Å²) in [7, 11) is 0. The first-order valence-electron chi connectivity index (χ1n) is 10.4. The van der Waals surface area contributed by atoms with Gasteiger partial charge >= 0.3 is 0 Å². The fraction of sp³-hybridized carbons (Fsp3) is 0.417. The number of benzene rings is 2. The van der Waals surface area contributed by atoms with Crippen LogP contribution in [0.5, 0.6) is 0 Å². The van der Waals surface area contributed by atoms with Crippen LogP contribution in [0.15, 0.2) is 59.1 Å². The second-order valence-electron chi connectivity index (χ2n) is 7.25. The standard InChI is InChI=1S/C24H31BrN2O2/c1-3-5-15-26-24(29)22(17-19-11-7-6-8-12-19)27(23(28)10-4-2)18-20-13-9-14-21(25)16-20/h6-9,11-14,16,22H,3-5,10,15,17-18H2,1-2H3,(H,26,29). The normalized spacial score (nSPS) is 11.7. The second-order valence-corrected chi connectivity index (χ2v) is 8.17. The minimum Gasteiger partial charge on any atom is -0.354 e. The number of nitrogens with one attached hydrogen (secondary N) is 1. The van der Waals surface area contributed by atoms with E-state index in [0.717, 1.165) is 34.9 Å². The molecule has 156 valence electrons. The van der Waals surface area contributed by atoms with Crippen molar-refractivity contribution in [2.24, 2.45) is 0 Å². The van der Waals surface area contributed by atoms with Crippen LogP contribution < -0.4 is 5.32 Å². The molecule has 0 aliphatic rings. The Morgan fingerprint density at radius 3 is 2.38 bits per heavy atom. The molecule has 0 spiro atoms. The minimum absolute atomic E-state index is 0.0130. The molecule has 0 bridgehead atoms. The van der Waals surface area contributed by atoms with Crippen molar-refractivity contribution in [3.63, 3.8) is 0 Å². The highest BCUT2D eigenvalue weighted by atomic mass is 79.9. The summed E-state index contributed by atoms with van der Waals surface area (Å²) < 4.78 is 0.963. The van der Waals surface area contributed by atoms with Crippen molar-refractivity contribution >= 4 is 27.7 Å². The molecule has 29 heavy (non-hydrogen) atoms. The molecule has 0 radical (unpaired) electrons. The first kappa shape index (κ1) is 23.1. The van der Waals surface area contributed by atoms with E-state index in [2.05, 4.69) is 28.2 Å². The molecule has 0 saturated heterocycles. The number of carbonyl (C=O) groups is 2. The van der Waals surface area contributed by atoms with Crippen LogP contribution in [0.3, 0.4) is 0 Å². The maximum absolute atomic E-state index is 13.1. The van der Waals surface area contributed by atoms with Gasteiger partial charge in [-0.3, -0.25) is 9.59 Å². The highest BCUT2D eigenvalue weighted by Crippen LogP contribution is 2.18. The average molecular weight is 459 g/mol. The van der Waals surface area contributed by atoms with Gasteiger partial charge in [-0.05, 0) is 36.1 Å². The Hall–Kier alpha value is -2.14. The van der Waals surface area contributed by atoms with Gasteiger partial charge in [0.25, 0.3) is 0 Å². The van der Waals surface area contributed by atoms with E-state index in [1.807, 2.05) is 61.5 Å². The second kappa shape index (κ2) is 12.4. The Bertz CT molecular complexity index is 779. The smallest absolute Gasteiger partial charge is 0.243 e.